The van der Waals surface area contributed by atoms with E-state index in [0.717, 1.165) is 24.0 Å². The average Bonchev–Trinajstić information content (AvgIpc) is 2.70. The first-order valence-corrected chi connectivity index (χ1v) is 10.4. The first kappa shape index (κ1) is 19.8. The van der Waals surface area contributed by atoms with E-state index in [-0.39, 0.29) is 23.9 Å². The Hall–Kier alpha value is -1.52. The van der Waals surface area contributed by atoms with Gasteiger partial charge in [0.2, 0.25) is 0 Å². The summed E-state index contributed by atoms with van der Waals surface area (Å²) in [4.78, 5) is 13.0. The molecule has 0 saturated heterocycles. The molecule has 3 nitrogen and oxygen atoms in total. The van der Waals surface area contributed by atoms with E-state index < -0.39 is 0 Å². The molecule has 1 aliphatic carbocycles. The van der Waals surface area contributed by atoms with Crippen LogP contribution in [0.25, 0.3) is 5.57 Å². The minimum atomic E-state index is -0.142. The van der Waals surface area contributed by atoms with E-state index in [2.05, 4.69) is 0 Å². The smallest absolute Gasteiger partial charge is 0.173 e. The Balaban J connectivity index is 1.39. The molecule has 2 aromatic rings. The van der Waals surface area contributed by atoms with Crippen molar-refractivity contribution in [1.29, 1.82) is 0 Å². The highest BCUT2D eigenvalue weighted by Gasteiger charge is 2.40. The van der Waals surface area contributed by atoms with Gasteiger partial charge in [-0.05, 0) is 48.2 Å². The fourth-order valence-corrected chi connectivity index (χ4v) is 4.24. The maximum absolute atomic E-state index is 13.0. The minimum Gasteiger partial charge on any atom is -0.496 e. The van der Waals surface area contributed by atoms with Gasteiger partial charge in [-0.25, -0.2) is 0 Å². The second kappa shape index (κ2) is 8.46. The van der Waals surface area contributed by atoms with Crippen molar-refractivity contribution in [3.8, 4) is 0 Å². The zero-order valence-electron chi connectivity index (χ0n) is 15.0. The van der Waals surface area contributed by atoms with Crippen molar-refractivity contribution < 1.29 is 14.3 Å². The Morgan fingerprint density at radius 1 is 1.00 bits per heavy atom. The lowest BCUT2D eigenvalue weighted by Gasteiger charge is -2.37. The van der Waals surface area contributed by atoms with Gasteiger partial charge in [0, 0.05) is 11.4 Å². The van der Waals surface area contributed by atoms with Crippen molar-refractivity contribution in [3.63, 3.8) is 0 Å². The Kier molecular flexibility index (Phi) is 5.98. The summed E-state index contributed by atoms with van der Waals surface area (Å²) < 4.78 is 12.0. The summed E-state index contributed by atoms with van der Waals surface area (Å²) >= 11 is 17.9. The third kappa shape index (κ3) is 4.23. The normalized spacial score (nSPS) is 24.3. The van der Waals surface area contributed by atoms with Crippen molar-refractivity contribution in [2.24, 2.45) is 5.92 Å². The number of benzene rings is 2. The molecule has 28 heavy (non-hydrogen) atoms. The topological polar surface area (TPSA) is 35.5 Å². The zero-order valence-corrected chi connectivity index (χ0v) is 17.3. The summed E-state index contributed by atoms with van der Waals surface area (Å²) in [7, 11) is 0. The second-order valence-corrected chi connectivity index (χ2v) is 8.43. The number of Topliss-reactive ketones (excluding diaryl/α,β-unsaturated/α-hetero) is 1. The van der Waals surface area contributed by atoms with E-state index in [1.54, 1.807) is 24.5 Å². The lowest BCUT2D eigenvalue weighted by Crippen LogP contribution is -2.41. The van der Waals surface area contributed by atoms with Crippen LogP contribution in [-0.2, 0) is 20.9 Å². The molecule has 0 N–H and O–H groups in total. The third-order valence-electron chi connectivity index (χ3n) is 5.33. The van der Waals surface area contributed by atoms with Gasteiger partial charge in [-0.3, -0.25) is 4.79 Å². The summed E-state index contributed by atoms with van der Waals surface area (Å²) in [5.74, 6) is 0.0157. The number of hydrogen-bond acceptors (Lipinski definition) is 3. The number of hydrogen-bond donors (Lipinski definition) is 0. The van der Waals surface area contributed by atoms with Gasteiger partial charge in [-0.1, -0.05) is 53.0 Å². The molecule has 4 rings (SSSR count). The van der Waals surface area contributed by atoms with Crippen LogP contribution in [0, 0.1) is 5.92 Å². The molecule has 0 amide bonds. The van der Waals surface area contributed by atoms with Gasteiger partial charge in [0.1, 0.15) is 6.10 Å². The van der Waals surface area contributed by atoms with E-state index in [1.807, 2.05) is 24.3 Å². The third-order valence-corrected chi connectivity index (χ3v) is 6.32. The lowest BCUT2D eigenvalue weighted by atomic mass is 9.78. The molecule has 1 aliphatic heterocycles. The quantitative estimate of drug-likeness (QED) is 0.560. The van der Waals surface area contributed by atoms with Crippen LogP contribution in [0.3, 0.4) is 0 Å². The van der Waals surface area contributed by atoms with Crippen molar-refractivity contribution in [1.82, 2.24) is 0 Å². The Labute approximate surface area is 179 Å². The first-order valence-electron chi connectivity index (χ1n) is 9.22. The number of rotatable bonds is 4. The number of carbonyl (C=O) groups excluding carboxylic acids is 1. The monoisotopic (exact) mass is 436 g/mol. The Morgan fingerprint density at radius 2 is 1.79 bits per heavy atom. The summed E-state index contributed by atoms with van der Waals surface area (Å²) in [6.45, 7) is 0.457. The number of ketones is 1. The van der Waals surface area contributed by atoms with Gasteiger partial charge in [0.15, 0.2) is 5.78 Å². The van der Waals surface area contributed by atoms with E-state index in [9.17, 15) is 4.79 Å². The van der Waals surface area contributed by atoms with Gasteiger partial charge in [0.25, 0.3) is 0 Å². The summed E-state index contributed by atoms with van der Waals surface area (Å²) in [6.07, 6.45) is 3.77. The Bertz CT molecular complexity index is 908. The number of halogens is 3. The van der Waals surface area contributed by atoms with Crippen LogP contribution in [0.5, 0.6) is 0 Å². The highest BCUT2D eigenvalue weighted by Crippen LogP contribution is 2.37. The van der Waals surface area contributed by atoms with E-state index >= 15 is 0 Å². The number of fused-ring (bicyclic) bond motifs is 1. The molecular weight excluding hydrogens is 419 g/mol. The van der Waals surface area contributed by atoms with Crippen LogP contribution in [0.15, 0.2) is 48.7 Å². The highest BCUT2D eigenvalue weighted by molar-refractivity contribution is 6.42. The first-order chi connectivity index (χ1) is 13.5. The molecular formula is C22H19Cl3O3. The molecule has 0 radical (unpaired) electrons. The van der Waals surface area contributed by atoms with Crippen molar-refractivity contribution in [3.05, 3.63) is 74.9 Å². The van der Waals surface area contributed by atoms with Gasteiger partial charge < -0.3 is 9.47 Å². The van der Waals surface area contributed by atoms with Crippen LogP contribution in [0.1, 0.15) is 30.4 Å². The molecule has 3 unspecified atom stereocenters. The molecule has 0 spiro atoms. The lowest BCUT2D eigenvalue weighted by molar-refractivity contribution is -0.128. The molecule has 0 bridgehead atoms. The van der Waals surface area contributed by atoms with Crippen molar-refractivity contribution in [2.45, 2.75) is 38.1 Å². The highest BCUT2D eigenvalue weighted by atomic mass is 35.5. The van der Waals surface area contributed by atoms with E-state index in [1.165, 1.54) is 0 Å². The minimum absolute atomic E-state index is 0.0500. The molecule has 2 aliphatic rings. The van der Waals surface area contributed by atoms with Crippen LogP contribution in [0.2, 0.25) is 15.1 Å². The fourth-order valence-electron chi connectivity index (χ4n) is 3.79. The maximum atomic E-state index is 13.0. The summed E-state index contributed by atoms with van der Waals surface area (Å²) in [5, 5.41) is 1.70. The maximum Gasteiger partial charge on any atom is 0.173 e. The van der Waals surface area contributed by atoms with Crippen molar-refractivity contribution >= 4 is 46.2 Å². The predicted octanol–water partition coefficient (Wildman–Crippen LogP) is 6.34. The molecule has 6 heteroatoms. The number of allylic oxidation sites excluding steroid dienone is 1. The Morgan fingerprint density at radius 3 is 2.54 bits per heavy atom. The number of ether oxygens (including phenoxy) is 2. The SMILES string of the molecule is O=C1C(c2ccc(Cl)cc2)=COC2CC(OCc3ccc(Cl)c(Cl)c3)CCC12. The molecule has 3 atom stereocenters. The van der Waals surface area contributed by atoms with Crippen LogP contribution < -0.4 is 0 Å². The van der Waals surface area contributed by atoms with Crippen molar-refractivity contribution in [2.75, 3.05) is 0 Å². The van der Waals surface area contributed by atoms with Gasteiger partial charge in [-0.15, -0.1) is 0 Å². The van der Waals surface area contributed by atoms with Crippen LogP contribution in [-0.4, -0.2) is 18.0 Å². The average molecular weight is 438 g/mol. The van der Waals surface area contributed by atoms with Crippen LogP contribution >= 0.6 is 34.8 Å². The standard InChI is InChI=1S/C22H19Cl3O3/c23-15-4-2-14(3-5-15)18-12-28-21-10-16(6-7-17(21)22(18)26)27-11-13-1-8-19(24)20(25)9-13/h1-5,8-9,12,16-17,21H,6-7,10-11H2. The van der Waals surface area contributed by atoms with Gasteiger partial charge >= 0.3 is 0 Å². The largest absolute Gasteiger partial charge is 0.496 e. The molecule has 1 fully saturated rings. The van der Waals surface area contributed by atoms with Gasteiger partial charge in [-0.2, -0.15) is 0 Å². The fraction of sp³-hybridized carbons (Fsp3) is 0.318. The van der Waals surface area contributed by atoms with E-state index in [0.29, 0.717) is 33.7 Å². The predicted molar refractivity (Wildman–Crippen MR) is 112 cm³/mol. The van der Waals surface area contributed by atoms with E-state index in [4.69, 9.17) is 44.3 Å². The summed E-state index contributed by atoms with van der Waals surface area (Å²) in [6, 6.07) is 12.8. The number of carbonyl (C=O) groups is 1. The van der Waals surface area contributed by atoms with Crippen LogP contribution in [0.4, 0.5) is 0 Å². The zero-order chi connectivity index (χ0) is 19.7. The molecule has 1 heterocycles. The van der Waals surface area contributed by atoms with Gasteiger partial charge in [0.05, 0.1) is 40.5 Å². The summed E-state index contributed by atoms with van der Waals surface area (Å²) in [5.41, 5.74) is 2.43. The second-order valence-electron chi connectivity index (χ2n) is 7.18. The molecule has 1 saturated carbocycles. The molecule has 0 aromatic heterocycles. The molecule has 2 aromatic carbocycles. The molecule has 146 valence electrons.